The maximum atomic E-state index is 11.0. The van der Waals surface area contributed by atoms with E-state index in [-0.39, 0.29) is 5.92 Å². The molecule has 29 heavy (non-hydrogen) atoms. The Kier molecular flexibility index (Phi) is 4.77. The Morgan fingerprint density at radius 1 is 1.10 bits per heavy atom. The number of aliphatic carboxylic acids is 1. The van der Waals surface area contributed by atoms with Crippen molar-refractivity contribution in [1.82, 2.24) is 4.90 Å². The first kappa shape index (κ1) is 19.2. The molecule has 5 rings (SSSR count). The van der Waals surface area contributed by atoms with Crippen LogP contribution in [0.5, 0.6) is 5.75 Å². The fourth-order valence-corrected chi connectivity index (χ4v) is 5.47. The van der Waals surface area contributed by atoms with E-state index in [9.17, 15) is 4.79 Å². The van der Waals surface area contributed by atoms with Crippen molar-refractivity contribution in [3.05, 3.63) is 63.1 Å². The Morgan fingerprint density at radius 3 is 2.62 bits per heavy atom. The number of halogens is 2. The van der Waals surface area contributed by atoms with Crippen LogP contribution in [0, 0.1) is 11.3 Å². The molecule has 0 unspecified atom stereocenters. The van der Waals surface area contributed by atoms with Gasteiger partial charge in [0.2, 0.25) is 0 Å². The molecule has 2 aromatic rings. The SMILES string of the molecule is O=C(O)[C@H]1C[C@@H](N2CC3(Cc4ccc(OCc5cc(Cl)ccc5Cl)cc4C3)C2)C1. The summed E-state index contributed by atoms with van der Waals surface area (Å²) in [6.07, 6.45) is 3.79. The molecule has 1 spiro atoms. The van der Waals surface area contributed by atoms with Crippen molar-refractivity contribution < 1.29 is 14.6 Å². The number of rotatable bonds is 5. The summed E-state index contributed by atoms with van der Waals surface area (Å²) in [6.45, 7) is 2.55. The molecule has 0 radical (unpaired) electrons. The van der Waals surface area contributed by atoms with E-state index in [1.54, 1.807) is 12.1 Å². The van der Waals surface area contributed by atoms with Crippen LogP contribution in [0.3, 0.4) is 0 Å². The molecular formula is C23H23Cl2NO3. The topological polar surface area (TPSA) is 49.8 Å². The summed E-state index contributed by atoms with van der Waals surface area (Å²) in [6, 6.07) is 12.3. The largest absolute Gasteiger partial charge is 0.489 e. The van der Waals surface area contributed by atoms with E-state index in [4.69, 9.17) is 33.0 Å². The van der Waals surface area contributed by atoms with Gasteiger partial charge in [0.1, 0.15) is 12.4 Å². The van der Waals surface area contributed by atoms with Gasteiger partial charge in [0, 0.05) is 40.2 Å². The molecule has 4 nitrogen and oxygen atoms in total. The quantitative estimate of drug-likeness (QED) is 0.735. The highest BCUT2D eigenvalue weighted by atomic mass is 35.5. The van der Waals surface area contributed by atoms with E-state index >= 15 is 0 Å². The number of carboxylic acid groups (broad SMARTS) is 1. The number of ether oxygens (including phenoxy) is 1. The minimum atomic E-state index is -0.642. The molecule has 1 aliphatic heterocycles. The number of likely N-dealkylation sites (tertiary alicyclic amines) is 1. The van der Waals surface area contributed by atoms with Crippen LogP contribution in [-0.2, 0) is 24.2 Å². The van der Waals surface area contributed by atoms with E-state index in [1.807, 2.05) is 12.1 Å². The highest BCUT2D eigenvalue weighted by Crippen LogP contribution is 2.48. The van der Waals surface area contributed by atoms with Gasteiger partial charge in [-0.25, -0.2) is 0 Å². The summed E-state index contributed by atoms with van der Waals surface area (Å²) >= 11 is 12.3. The van der Waals surface area contributed by atoms with Gasteiger partial charge in [0.05, 0.1) is 5.92 Å². The maximum Gasteiger partial charge on any atom is 0.306 e. The van der Waals surface area contributed by atoms with E-state index < -0.39 is 5.97 Å². The normalized spacial score (nSPS) is 24.6. The molecule has 6 heteroatoms. The van der Waals surface area contributed by atoms with Gasteiger partial charge in [-0.05, 0) is 67.1 Å². The van der Waals surface area contributed by atoms with Gasteiger partial charge in [0.15, 0.2) is 0 Å². The van der Waals surface area contributed by atoms with Crippen molar-refractivity contribution in [1.29, 1.82) is 0 Å². The second-order valence-corrected chi connectivity index (χ2v) is 9.72. The highest BCUT2D eigenvalue weighted by Gasteiger charge is 2.51. The van der Waals surface area contributed by atoms with Crippen molar-refractivity contribution in [3.63, 3.8) is 0 Å². The average Bonchev–Trinajstić information content (AvgIpc) is 2.99. The number of carbonyl (C=O) groups is 1. The monoisotopic (exact) mass is 431 g/mol. The molecule has 1 saturated carbocycles. The van der Waals surface area contributed by atoms with Crippen LogP contribution in [0.1, 0.15) is 29.5 Å². The third kappa shape index (κ3) is 3.63. The lowest BCUT2D eigenvalue weighted by Gasteiger charge is -2.55. The zero-order chi connectivity index (χ0) is 20.2. The number of benzene rings is 2. The van der Waals surface area contributed by atoms with Crippen molar-refractivity contribution >= 4 is 29.2 Å². The Balaban J connectivity index is 1.18. The number of hydrogen-bond donors (Lipinski definition) is 1. The molecule has 0 amide bonds. The lowest BCUT2D eigenvalue weighted by atomic mass is 9.71. The van der Waals surface area contributed by atoms with Gasteiger partial charge in [-0.3, -0.25) is 9.69 Å². The predicted molar refractivity (Wildman–Crippen MR) is 113 cm³/mol. The van der Waals surface area contributed by atoms with E-state index in [0.717, 1.165) is 50.1 Å². The first-order valence-electron chi connectivity index (χ1n) is 10.1. The van der Waals surface area contributed by atoms with Crippen molar-refractivity contribution in [3.8, 4) is 5.75 Å². The molecule has 2 aliphatic carbocycles. The lowest BCUT2D eigenvalue weighted by Crippen LogP contribution is -2.63. The molecule has 2 fully saturated rings. The molecule has 0 aromatic heterocycles. The van der Waals surface area contributed by atoms with Crippen LogP contribution < -0.4 is 4.74 Å². The molecule has 0 bridgehead atoms. The predicted octanol–water partition coefficient (Wildman–Crippen LogP) is 4.84. The minimum Gasteiger partial charge on any atom is -0.489 e. The van der Waals surface area contributed by atoms with Gasteiger partial charge >= 0.3 is 5.97 Å². The molecule has 3 aliphatic rings. The molecule has 152 valence electrons. The van der Waals surface area contributed by atoms with Crippen LogP contribution in [-0.4, -0.2) is 35.1 Å². The first-order chi connectivity index (χ1) is 13.9. The van der Waals surface area contributed by atoms with Crippen LogP contribution >= 0.6 is 23.2 Å². The van der Waals surface area contributed by atoms with Gasteiger partial charge < -0.3 is 9.84 Å². The fourth-order valence-electron chi connectivity index (χ4n) is 5.10. The summed E-state index contributed by atoms with van der Waals surface area (Å²) in [5, 5.41) is 10.4. The molecule has 1 heterocycles. The van der Waals surface area contributed by atoms with E-state index in [1.165, 1.54) is 11.1 Å². The van der Waals surface area contributed by atoms with Crippen LogP contribution in [0.4, 0.5) is 0 Å². The van der Waals surface area contributed by atoms with Gasteiger partial charge in [0.25, 0.3) is 0 Å². The molecular weight excluding hydrogens is 409 g/mol. The number of nitrogens with zero attached hydrogens (tertiary/aromatic N) is 1. The minimum absolute atomic E-state index is 0.134. The first-order valence-corrected chi connectivity index (χ1v) is 10.8. The fraction of sp³-hybridized carbons (Fsp3) is 0.435. The molecule has 1 saturated heterocycles. The second kappa shape index (κ2) is 7.19. The standard InChI is InChI=1S/C23H23Cl2NO3/c24-18-2-4-21(25)17(5-18)11-29-20-3-1-14-9-23(10-16(14)8-20)12-26(13-23)19-6-15(7-19)22(27)28/h1-5,8,15,19H,6-7,9-13H2,(H,27,28)/t15-,19+. The third-order valence-electron chi connectivity index (χ3n) is 6.77. The number of fused-ring (bicyclic) bond motifs is 1. The van der Waals surface area contributed by atoms with Crippen molar-refractivity contribution in [2.75, 3.05) is 13.1 Å². The highest BCUT2D eigenvalue weighted by molar-refractivity contribution is 6.33. The van der Waals surface area contributed by atoms with Crippen LogP contribution in [0.15, 0.2) is 36.4 Å². The number of hydrogen-bond acceptors (Lipinski definition) is 3. The van der Waals surface area contributed by atoms with Crippen LogP contribution in [0.2, 0.25) is 10.0 Å². The summed E-state index contributed by atoms with van der Waals surface area (Å²) in [4.78, 5) is 13.5. The maximum absolute atomic E-state index is 11.0. The van der Waals surface area contributed by atoms with Gasteiger partial charge in [-0.15, -0.1) is 0 Å². The summed E-state index contributed by atoms with van der Waals surface area (Å²) in [5.41, 5.74) is 3.99. The Bertz CT molecular complexity index is 965. The summed E-state index contributed by atoms with van der Waals surface area (Å²) in [7, 11) is 0. The summed E-state index contributed by atoms with van der Waals surface area (Å²) < 4.78 is 5.98. The Hall–Kier alpha value is -1.75. The number of carboxylic acids is 1. The summed E-state index contributed by atoms with van der Waals surface area (Å²) in [5.74, 6) is 0.0812. The average molecular weight is 432 g/mol. The third-order valence-corrected chi connectivity index (χ3v) is 7.37. The van der Waals surface area contributed by atoms with E-state index in [2.05, 4.69) is 17.0 Å². The molecule has 1 N–H and O–H groups in total. The molecule has 2 aromatic carbocycles. The van der Waals surface area contributed by atoms with Crippen molar-refractivity contribution in [2.45, 2.75) is 38.3 Å². The van der Waals surface area contributed by atoms with Crippen molar-refractivity contribution in [2.24, 2.45) is 11.3 Å². The Labute approximate surface area is 180 Å². The zero-order valence-electron chi connectivity index (χ0n) is 16.0. The molecule has 0 atom stereocenters. The lowest BCUT2D eigenvalue weighted by molar-refractivity contribution is -0.150. The second-order valence-electron chi connectivity index (χ2n) is 8.87. The smallest absolute Gasteiger partial charge is 0.306 e. The zero-order valence-corrected chi connectivity index (χ0v) is 17.5. The van der Waals surface area contributed by atoms with Gasteiger partial charge in [-0.1, -0.05) is 29.3 Å². The van der Waals surface area contributed by atoms with Crippen LogP contribution in [0.25, 0.3) is 0 Å². The van der Waals surface area contributed by atoms with E-state index in [0.29, 0.717) is 28.1 Å². The Morgan fingerprint density at radius 2 is 1.86 bits per heavy atom. The van der Waals surface area contributed by atoms with Gasteiger partial charge in [-0.2, -0.15) is 0 Å².